The number of benzene rings is 1. The lowest BCUT2D eigenvalue weighted by Crippen LogP contribution is -2.29. The Bertz CT molecular complexity index is 849. The van der Waals surface area contributed by atoms with E-state index in [0.717, 1.165) is 4.68 Å². The molecule has 23 heavy (non-hydrogen) atoms. The van der Waals surface area contributed by atoms with Crippen LogP contribution in [0.4, 0.5) is 0 Å². The SMILES string of the molecule is CCOC(=O)c1nn(-c2ccccc2OC)c(=O)c(C#N)c1C. The van der Waals surface area contributed by atoms with E-state index >= 15 is 0 Å². The second-order valence-electron chi connectivity index (χ2n) is 4.57. The van der Waals surface area contributed by atoms with Crippen molar-refractivity contribution in [3.63, 3.8) is 0 Å². The zero-order valence-electron chi connectivity index (χ0n) is 13.0. The van der Waals surface area contributed by atoms with Crippen molar-refractivity contribution in [1.29, 1.82) is 5.26 Å². The average Bonchev–Trinajstić information content (AvgIpc) is 2.55. The number of rotatable bonds is 4. The molecule has 0 spiro atoms. The highest BCUT2D eigenvalue weighted by atomic mass is 16.5. The van der Waals surface area contributed by atoms with Crippen molar-refractivity contribution in [2.45, 2.75) is 13.8 Å². The van der Waals surface area contributed by atoms with Gasteiger partial charge in [-0.25, -0.2) is 4.79 Å². The number of hydrogen-bond donors (Lipinski definition) is 0. The van der Waals surface area contributed by atoms with Gasteiger partial charge in [-0.15, -0.1) is 0 Å². The highest BCUT2D eigenvalue weighted by Gasteiger charge is 2.22. The lowest BCUT2D eigenvalue weighted by atomic mass is 10.1. The molecule has 0 fully saturated rings. The van der Waals surface area contributed by atoms with E-state index in [2.05, 4.69) is 5.10 Å². The summed E-state index contributed by atoms with van der Waals surface area (Å²) in [6.07, 6.45) is 0. The second kappa shape index (κ2) is 6.75. The Balaban J connectivity index is 2.79. The number of ether oxygens (including phenoxy) is 2. The first-order valence-corrected chi connectivity index (χ1v) is 6.89. The molecule has 118 valence electrons. The lowest BCUT2D eigenvalue weighted by Gasteiger charge is -2.13. The number of hydrogen-bond acceptors (Lipinski definition) is 6. The molecular formula is C16H15N3O4. The minimum Gasteiger partial charge on any atom is -0.494 e. The molecule has 1 aromatic heterocycles. The molecule has 0 aliphatic rings. The van der Waals surface area contributed by atoms with Crippen LogP contribution in [0.5, 0.6) is 5.75 Å². The van der Waals surface area contributed by atoms with Crippen molar-refractivity contribution in [3.05, 3.63) is 51.4 Å². The van der Waals surface area contributed by atoms with Gasteiger partial charge in [0.15, 0.2) is 5.69 Å². The third-order valence-electron chi connectivity index (χ3n) is 3.23. The van der Waals surface area contributed by atoms with Crippen LogP contribution in [-0.2, 0) is 4.74 Å². The van der Waals surface area contributed by atoms with Gasteiger partial charge in [0, 0.05) is 5.56 Å². The first-order chi connectivity index (χ1) is 11.0. The van der Waals surface area contributed by atoms with E-state index in [9.17, 15) is 14.9 Å². The van der Waals surface area contributed by atoms with Crippen LogP contribution < -0.4 is 10.3 Å². The van der Waals surface area contributed by atoms with Gasteiger partial charge in [0.25, 0.3) is 5.56 Å². The van der Waals surface area contributed by atoms with Crippen LogP contribution in [0.15, 0.2) is 29.1 Å². The zero-order valence-corrected chi connectivity index (χ0v) is 13.0. The fourth-order valence-electron chi connectivity index (χ4n) is 2.10. The number of para-hydroxylation sites is 2. The molecular weight excluding hydrogens is 298 g/mol. The zero-order chi connectivity index (χ0) is 17.0. The van der Waals surface area contributed by atoms with Crippen LogP contribution in [0.3, 0.4) is 0 Å². The van der Waals surface area contributed by atoms with Crippen LogP contribution in [-0.4, -0.2) is 29.5 Å². The average molecular weight is 313 g/mol. The predicted octanol–water partition coefficient (Wildman–Crippen LogP) is 1.60. The summed E-state index contributed by atoms with van der Waals surface area (Å²) in [5, 5.41) is 13.3. The van der Waals surface area contributed by atoms with Gasteiger partial charge in [-0.05, 0) is 26.0 Å². The van der Waals surface area contributed by atoms with Gasteiger partial charge in [0.05, 0.1) is 13.7 Å². The van der Waals surface area contributed by atoms with E-state index < -0.39 is 11.5 Å². The van der Waals surface area contributed by atoms with Gasteiger partial charge >= 0.3 is 5.97 Å². The molecule has 0 aliphatic carbocycles. The smallest absolute Gasteiger partial charge is 0.359 e. The highest BCUT2D eigenvalue weighted by molar-refractivity contribution is 5.89. The first-order valence-electron chi connectivity index (χ1n) is 6.89. The van der Waals surface area contributed by atoms with Gasteiger partial charge in [-0.3, -0.25) is 4.79 Å². The molecule has 1 heterocycles. The maximum absolute atomic E-state index is 12.5. The quantitative estimate of drug-likeness (QED) is 0.796. The predicted molar refractivity (Wildman–Crippen MR) is 81.8 cm³/mol. The summed E-state index contributed by atoms with van der Waals surface area (Å²) in [5.74, 6) is -0.296. The van der Waals surface area contributed by atoms with Gasteiger partial charge in [0.2, 0.25) is 0 Å². The molecule has 0 unspecified atom stereocenters. The summed E-state index contributed by atoms with van der Waals surface area (Å²) in [6, 6.07) is 8.52. The lowest BCUT2D eigenvalue weighted by molar-refractivity contribution is 0.0516. The monoisotopic (exact) mass is 313 g/mol. The Labute approximate surface area is 132 Å². The highest BCUT2D eigenvalue weighted by Crippen LogP contribution is 2.21. The Morgan fingerprint density at radius 1 is 1.39 bits per heavy atom. The first kappa shape index (κ1) is 16.2. The fraction of sp³-hybridized carbons (Fsp3) is 0.250. The Kier molecular flexibility index (Phi) is 4.76. The number of esters is 1. The number of carbonyl (C=O) groups is 1. The summed E-state index contributed by atoms with van der Waals surface area (Å²) >= 11 is 0. The molecule has 0 atom stereocenters. The van der Waals surface area contributed by atoms with Crippen molar-refractivity contribution >= 4 is 5.97 Å². The number of nitriles is 1. The Morgan fingerprint density at radius 2 is 2.09 bits per heavy atom. The number of aromatic nitrogens is 2. The van der Waals surface area contributed by atoms with Gasteiger partial charge < -0.3 is 9.47 Å². The van der Waals surface area contributed by atoms with E-state index in [4.69, 9.17) is 9.47 Å². The molecule has 1 aromatic carbocycles. The summed E-state index contributed by atoms with van der Waals surface area (Å²) in [6.45, 7) is 3.32. The molecule has 0 N–H and O–H groups in total. The molecule has 2 aromatic rings. The molecule has 0 radical (unpaired) electrons. The van der Waals surface area contributed by atoms with Crippen molar-refractivity contribution in [2.75, 3.05) is 13.7 Å². The molecule has 7 heteroatoms. The molecule has 0 bridgehead atoms. The molecule has 0 saturated carbocycles. The molecule has 7 nitrogen and oxygen atoms in total. The maximum atomic E-state index is 12.5. The third-order valence-corrected chi connectivity index (χ3v) is 3.23. The fourth-order valence-corrected chi connectivity index (χ4v) is 2.10. The van der Waals surface area contributed by atoms with Gasteiger partial charge in [0.1, 0.15) is 23.1 Å². The van der Waals surface area contributed by atoms with Crippen LogP contribution in [0, 0.1) is 18.3 Å². The largest absolute Gasteiger partial charge is 0.494 e. The molecule has 0 saturated heterocycles. The minimum atomic E-state index is -0.690. The summed E-state index contributed by atoms with van der Waals surface area (Å²) in [7, 11) is 1.45. The van der Waals surface area contributed by atoms with Crippen LogP contribution in [0.2, 0.25) is 0 Å². The van der Waals surface area contributed by atoms with Crippen molar-refractivity contribution < 1.29 is 14.3 Å². The molecule has 0 aliphatic heterocycles. The number of nitrogens with zero attached hydrogens (tertiary/aromatic N) is 3. The summed E-state index contributed by atoms with van der Waals surface area (Å²) in [5.41, 5.74) is -0.324. The topological polar surface area (TPSA) is 94.2 Å². The van der Waals surface area contributed by atoms with Gasteiger partial charge in [-0.1, -0.05) is 12.1 Å². The van der Waals surface area contributed by atoms with Crippen LogP contribution in [0.25, 0.3) is 5.69 Å². The van der Waals surface area contributed by atoms with E-state index in [0.29, 0.717) is 11.4 Å². The summed E-state index contributed by atoms with van der Waals surface area (Å²) < 4.78 is 11.1. The van der Waals surface area contributed by atoms with Crippen molar-refractivity contribution in [3.8, 4) is 17.5 Å². The van der Waals surface area contributed by atoms with E-state index in [1.807, 2.05) is 6.07 Å². The van der Waals surface area contributed by atoms with Crippen LogP contribution >= 0.6 is 0 Å². The summed E-state index contributed by atoms with van der Waals surface area (Å²) in [4.78, 5) is 24.5. The minimum absolute atomic E-state index is 0.0751. The van der Waals surface area contributed by atoms with Gasteiger partial charge in [-0.2, -0.15) is 15.0 Å². The standard InChI is InChI=1S/C16H15N3O4/c1-4-23-16(21)14-10(2)11(9-17)15(20)19(18-14)12-7-5-6-8-13(12)22-3/h5-8H,4H2,1-3H3. The van der Waals surface area contributed by atoms with E-state index in [1.165, 1.54) is 14.0 Å². The maximum Gasteiger partial charge on any atom is 0.359 e. The molecule has 2 rings (SSSR count). The Morgan fingerprint density at radius 3 is 2.70 bits per heavy atom. The second-order valence-corrected chi connectivity index (χ2v) is 4.57. The van der Waals surface area contributed by atoms with Crippen molar-refractivity contribution in [1.82, 2.24) is 9.78 Å². The normalized spacial score (nSPS) is 10.0. The van der Waals surface area contributed by atoms with Crippen LogP contribution in [0.1, 0.15) is 28.5 Å². The van der Waals surface area contributed by atoms with E-state index in [-0.39, 0.29) is 23.4 Å². The Hall–Kier alpha value is -3.14. The molecule has 0 amide bonds. The number of methoxy groups -OCH3 is 1. The van der Waals surface area contributed by atoms with E-state index in [1.54, 1.807) is 31.2 Å². The third kappa shape index (κ3) is 2.92. The number of carbonyl (C=O) groups excluding carboxylic acids is 1. The van der Waals surface area contributed by atoms with Crippen molar-refractivity contribution in [2.24, 2.45) is 0 Å².